The Morgan fingerprint density at radius 1 is 0.800 bits per heavy atom. The van der Waals surface area contributed by atoms with Gasteiger partial charge in [0.1, 0.15) is 12.4 Å². The van der Waals surface area contributed by atoms with Crippen molar-refractivity contribution in [2.24, 2.45) is 11.8 Å². The highest BCUT2D eigenvalue weighted by Gasteiger charge is 2.39. The number of ketones is 1. The molecule has 45 heavy (non-hydrogen) atoms. The van der Waals surface area contributed by atoms with Gasteiger partial charge in [0.2, 0.25) is 0 Å². The van der Waals surface area contributed by atoms with Crippen molar-refractivity contribution in [3.05, 3.63) is 12.2 Å². The molecule has 1 saturated carbocycles. The van der Waals surface area contributed by atoms with E-state index in [0.717, 1.165) is 57.8 Å². The summed E-state index contributed by atoms with van der Waals surface area (Å²) in [4.78, 5) is 36.8. The molecule has 0 bridgehead atoms. The molecule has 0 aromatic heterocycles. The summed E-state index contributed by atoms with van der Waals surface area (Å²) >= 11 is 0. The van der Waals surface area contributed by atoms with Crippen LogP contribution >= 0.6 is 0 Å². The van der Waals surface area contributed by atoms with Gasteiger partial charge in [-0.05, 0) is 25.7 Å². The van der Waals surface area contributed by atoms with E-state index < -0.39 is 18.3 Å². The van der Waals surface area contributed by atoms with Crippen LogP contribution in [0.1, 0.15) is 162 Å². The van der Waals surface area contributed by atoms with Crippen LogP contribution in [-0.4, -0.2) is 64.6 Å². The second-order valence-electron chi connectivity index (χ2n) is 13.1. The molecule has 0 aromatic carbocycles. The smallest absolute Gasteiger partial charge is 0.306 e. The molecule has 1 rings (SSSR count). The van der Waals surface area contributed by atoms with Crippen LogP contribution < -0.4 is 0 Å². The second kappa shape index (κ2) is 27.4. The number of unbranched alkanes of at least 4 members (excludes halogenated alkanes) is 15. The maximum atomic E-state index is 12.5. The second-order valence-corrected chi connectivity index (χ2v) is 13.1. The first kappa shape index (κ1) is 41.3. The number of Topliss-reactive ketones (excluding diaryl/α,β-unsaturated/α-hetero) is 1. The van der Waals surface area contributed by atoms with Crippen molar-refractivity contribution in [2.45, 2.75) is 180 Å². The van der Waals surface area contributed by atoms with Gasteiger partial charge in [-0.1, -0.05) is 129 Å². The van der Waals surface area contributed by atoms with Crippen molar-refractivity contribution >= 4 is 17.7 Å². The highest BCUT2D eigenvalue weighted by Crippen LogP contribution is 2.34. The Morgan fingerprint density at radius 3 is 1.93 bits per heavy atom. The zero-order chi connectivity index (χ0) is 33.1. The van der Waals surface area contributed by atoms with Gasteiger partial charge < -0.3 is 24.8 Å². The number of esters is 2. The number of hydrogen-bond donors (Lipinski definition) is 3. The summed E-state index contributed by atoms with van der Waals surface area (Å²) < 4.78 is 10.5. The van der Waals surface area contributed by atoms with E-state index in [1.165, 1.54) is 51.4 Å². The fourth-order valence-corrected chi connectivity index (χ4v) is 6.10. The molecule has 1 fully saturated rings. The average Bonchev–Trinajstić information content (AvgIpc) is 3.29. The number of aliphatic hydroxyl groups excluding tert-OH is 3. The number of carbonyl (C=O) groups is 3. The van der Waals surface area contributed by atoms with E-state index in [4.69, 9.17) is 9.47 Å². The van der Waals surface area contributed by atoms with Gasteiger partial charge in [-0.2, -0.15) is 0 Å². The Hall–Kier alpha value is -1.77. The minimum Gasteiger partial charge on any atom is -0.462 e. The van der Waals surface area contributed by atoms with Gasteiger partial charge in [0.05, 0.1) is 18.8 Å². The number of ether oxygens (including phenoxy) is 2. The third kappa shape index (κ3) is 20.9. The summed E-state index contributed by atoms with van der Waals surface area (Å²) in [5.74, 6) is -1.14. The Balaban J connectivity index is 2.13. The highest BCUT2D eigenvalue weighted by molar-refractivity contribution is 5.84. The van der Waals surface area contributed by atoms with Crippen molar-refractivity contribution in [3.63, 3.8) is 0 Å². The SMILES string of the molecule is CCCCCCCCCCCCCC(=O)O[C@@H](CO)COC(=O)CCCCCC[C@H]1C(=O)C[C@@H](O)[C@@H]1/C=C/[C@@H](O)CCCCC. The molecule has 262 valence electrons. The third-order valence-corrected chi connectivity index (χ3v) is 8.95. The molecule has 0 saturated heterocycles. The van der Waals surface area contributed by atoms with Gasteiger partial charge >= 0.3 is 11.9 Å². The van der Waals surface area contributed by atoms with Gasteiger partial charge in [0.15, 0.2) is 6.10 Å². The first-order valence-corrected chi connectivity index (χ1v) is 18.3. The lowest BCUT2D eigenvalue weighted by Gasteiger charge is -2.18. The molecule has 0 aromatic rings. The maximum absolute atomic E-state index is 12.5. The van der Waals surface area contributed by atoms with Crippen LogP contribution in [0.25, 0.3) is 0 Å². The van der Waals surface area contributed by atoms with E-state index in [9.17, 15) is 29.7 Å². The van der Waals surface area contributed by atoms with E-state index in [1.54, 1.807) is 6.08 Å². The van der Waals surface area contributed by atoms with Crippen LogP contribution in [0, 0.1) is 11.8 Å². The van der Waals surface area contributed by atoms with Gasteiger partial charge in [-0.25, -0.2) is 0 Å². The molecule has 0 amide bonds. The van der Waals surface area contributed by atoms with E-state index in [-0.39, 0.29) is 55.6 Å². The number of rotatable bonds is 29. The van der Waals surface area contributed by atoms with Gasteiger partial charge in [-0.15, -0.1) is 0 Å². The summed E-state index contributed by atoms with van der Waals surface area (Å²) in [7, 11) is 0. The van der Waals surface area contributed by atoms with Crippen LogP contribution in [-0.2, 0) is 23.9 Å². The Kier molecular flexibility index (Phi) is 25.1. The molecule has 1 aliphatic carbocycles. The fraction of sp³-hybridized carbons (Fsp3) is 0.865. The van der Waals surface area contributed by atoms with Crippen molar-refractivity contribution in [1.29, 1.82) is 0 Å². The van der Waals surface area contributed by atoms with Crippen LogP contribution in [0.3, 0.4) is 0 Å². The number of carbonyl (C=O) groups excluding carboxylic acids is 3. The van der Waals surface area contributed by atoms with E-state index >= 15 is 0 Å². The summed E-state index contributed by atoms with van der Waals surface area (Å²) in [6.07, 6.45) is 23.1. The van der Waals surface area contributed by atoms with E-state index in [0.29, 0.717) is 25.7 Å². The third-order valence-electron chi connectivity index (χ3n) is 8.95. The van der Waals surface area contributed by atoms with Gasteiger partial charge in [-0.3, -0.25) is 14.4 Å². The predicted octanol–water partition coefficient (Wildman–Crippen LogP) is 7.54. The van der Waals surface area contributed by atoms with Crippen LogP contribution in [0.4, 0.5) is 0 Å². The van der Waals surface area contributed by atoms with Crippen molar-refractivity contribution in [3.8, 4) is 0 Å². The minimum atomic E-state index is -0.840. The molecule has 8 nitrogen and oxygen atoms in total. The molecule has 8 heteroatoms. The van der Waals surface area contributed by atoms with Crippen molar-refractivity contribution in [2.75, 3.05) is 13.2 Å². The van der Waals surface area contributed by atoms with Crippen LogP contribution in [0.2, 0.25) is 0 Å². The first-order chi connectivity index (χ1) is 21.8. The Morgan fingerprint density at radius 2 is 1.33 bits per heavy atom. The normalized spacial score (nSPS) is 19.7. The summed E-state index contributed by atoms with van der Waals surface area (Å²) in [5, 5.41) is 30.1. The van der Waals surface area contributed by atoms with Crippen molar-refractivity contribution in [1.82, 2.24) is 0 Å². The Labute approximate surface area is 273 Å². The maximum Gasteiger partial charge on any atom is 0.306 e. The van der Waals surface area contributed by atoms with Gasteiger partial charge in [0.25, 0.3) is 0 Å². The van der Waals surface area contributed by atoms with E-state index in [2.05, 4.69) is 13.8 Å². The standard InChI is InChI=1S/C37H66O8/c1-3-5-7-8-9-10-11-12-13-14-20-24-37(43)45-31(28-38)29-44-36(42)23-19-16-15-18-22-32-33(35(41)27-34(32)40)26-25-30(39)21-17-6-4-2/h25-26,30-33,35,38-39,41H,3-24,27-29H2,1-2H3/b26-25+/t30-,31-,32+,33+,35+/m0/s1. The molecule has 0 heterocycles. The molecule has 0 radical (unpaired) electrons. The zero-order valence-corrected chi connectivity index (χ0v) is 28.6. The first-order valence-electron chi connectivity index (χ1n) is 18.3. The van der Waals surface area contributed by atoms with E-state index in [1.807, 2.05) is 6.08 Å². The lowest BCUT2D eigenvalue weighted by atomic mass is 9.88. The molecular formula is C37H66O8. The molecule has 0 spiro atoms. The number of aliphatic hydroxyl groups is 3. The summed E-state index contributed by atoms with van der Waals surface area (Å²) in [6, 6.07) is 0. The minimum absolute atomic E-state index is 0.0825. The van der Waals surface area contributed by atoms with Crippen LogP contribution in [0.15, 0.2) is 12.2 Å². The summed E-state index contributed by atoms with van der Waals surface area (Å²) in [6.45, 7) is 3.82. The monoisotopic (exact) mass is 638 g/mol. The molecular weight excluding hydrogens is 572 g/mol. The lowest BCUT2D eigenvalue weighted by Crippen LogP contribution is -2.28. The molecule has 1 aliphatic rings. The van der Waals surface area contributed by atoms with Crippen molar-refractivity contribution < 1.29 is 39.2 Å². The predicted molar refractivity (Wildman–Crippen MR) is 179 cm³/mol. The zero-order valence-electron chi connectivity index (χ0n) is 28.6. The molecule has 3 N–H and O–H groups in total. The molecule has 5 atom stereocenters. The molecule has 0 aliphatic heterocycles. The Bertz CT molecular complexity index is 797. The average molecular weight is 639 g/mol. The lowest BCUT2D eigenvalue weighted by molar-refractivity contribution is -0.161. The highest BCUT2D eigenvalue weighted by atomic mass is 16.6. The molecule has 0 unspecified atom stereocenters. The topological polar surface area (TPSA) is 130 Å². The quantitative estimate of drug-likeness (QED) is 0.0435. The largest absolute Gasteiger partial charge is 0.462 e. The number of hydrogen-bond acceptors (Lipinski definition) is 8. The van der Waals surface area contributed by atoms with Crippen LogP contribution in [0.5, 0.6) is 0 Å². The summed E-state index contributed by atoms with van der Waals surface area (Å²) in [5.41, 5.74) is 0. The van der Waals surface area contributed by atoms with Gasteiger partial charge in [0, 0.05) is 31.1 Å². The fourth-order valence-electron chi connectivity index (χ4n) is 6.10.